The summed E-state index contributed by atoms with van der Waals surface area (Å²) in [5, 5.41) is 5.56. The summed E-state index contributed by atoms with van der Waals surface area (Å²) >= 11 is 0. The molecule has 8 heteroatoms. The molecule has 8 nitrogen and oxygen atoms in total. The first kappa shape index (κ1) is 21.0. The molecule has 0 aliphatic carbocycles. The summed E-state index contributed by atoms with van der Waals surface area (Å²) < 4.78 is 14.4. The number of rotatable bonds is 9. The van der Waals surface area contributed by atoms with Crippen LogP contribution in [-0.2, 0) is 23.9 Å². The third-order valence-electron chi connectivity index (χ3n) is 3.38. The van der Waals surface area contributed by atoms with Crippen molar-refractivity contribution in [2.24, 2.45) is 0 Å². The molecule has 0 saturated heterocycles. The van der Waals surface area contributed by atoms with Crippen LogP contribution >= 0.6 is 0 Å². The maximum absolute atomic E-state index is 12.0. The van der Waals surface area contributed by atoms with Gasteiger partial charge >= 0.3 is 11.9 Å². The zero-order valence-corrected chi connectivity index (χ0v) is 15.4. The highest BCUT2D eigenvalue weighted by Crippen LogP contribution is 2.28. The Balaban J connectivity index is 3.06. The van der Waals surface area contributed by atoms with Gasteiger partial charge in [-0.2, -0.15) is 0 Å². The van der Waals surface area contributed by atoms with Crippen molar-refractivity contribution in [3.05, 3.63) is 30.0 Å². The molecule has 26 heavy (non-hydrogen) atoms. The minimum atomic E-state index is -0.736. The van der Waals surface area contributed by atoms with Crippen molar-refractivity contribution < 1.29 is 28.6 Å². The minimum absolute atomic E-state index is 0.104. The van der Waals surface area contributed by atoms with E-state index in [9.17, 15) is 14.4 Å². The first-order chi connectivity index (χ1) is 12.4. The van der Waals surface area contributed by atoms with Gasteiger partial charge < -0.3 is 24.8 Å². The van der Waals surface area contributed by atoms with Crippen LogP contribution in [0.2, 0.25) is 0 Å². The Morgan fingerprint density at radius 3 is 2.38 bits per heavy atom. The Kier molecular flexibility index (Phi) is 8.69. The molecule has 0 radical (unpaired) electrons. The zero-order chi connectivity index (χ0) is 19.5. The fourth-order valence-corrected chi connectivity index (χ4v) is 2.02. The summed E-state index contributed by atoms with van der Waals surface area (Å²) in [6.45, 7) is 2.00. The van der Waals surface area contributed by atoms with E-state index in [1.54, 1.807) is 18.2 Å². The van der Waals surface area contributed by atoms with E-state index in [1.807, 2.05) is 6.92 Å². The standard InChI is InChI=1S/C18H24N2O6/c1-5-6-7-16(21)20-13-10-12(8-9-15(13)24-2)19-14(18(23)26-4)11-17(22)25-3/h8-11,19H,5-7H2,1-4H3,(H,20,21)/b14-11+. The van der Waals surface area contributed by atoms with Gasteiger partial charge in [0.1, 0.15) is 11.4 Å². The lowest BCUT2D eigenvalue weighted by Crippen LogP contribution is -2.16. The van der Waals surface area contributed by atoms with Gasteiger partial charge in [-0.05, 0) is 24.6 Å². The second-order valence-corrected chi connectivity index (χ2v) is 5.26. The van der Waals surface area contributed by atoms with Gasteiger partial charge in [0, 0.05) is 12.1 Å². The van der Waals surface area contributed by atoms with Gasteiger partial charge in [0.2, 0.25) is 5.91 Å². The summed E-state index contributed by atoms with van der Waals surface area (Å²) in [6, 6.07) is 4.86. The number of benzene rings is 1. The van der Waals surface area contributed by atoms with Crippen molar-refractivity contribution in [3.63, 3.8) is 0 Å². The Morgan fingerprint density at radius 2 is 1.81 bits per heavy atom. The highest BCUT2D eigenvalue weighted by molar-refractivity contribution is 5.99. The molecule has 0 saturated carbocycles. The van der Waals surface area contributed by atoms with Gasteiger partial charge in [0.15, 0.2) is 0 Å². The number of methoxy groups -OCH3 is 3. The van der Waals surface area contributed by atoms with Gasteiger partial charge in [0.05, 0.1) is 33.1 Å². The average molecular weight is 364 g/mol. The third-order valence-corrected chi connectivity index (χ3v) is 3.38. The second kappa shape index (κ2) is 10.8. The van der Waals surface area contributed by atoms with Gasteiger partial charge in [-0.3, -0.25) is 4.79 Å². The topological polar surface area (TPSA) is 103 Å². The zero-order valence-electron chi connectivity index (χ0n) is 15.4. The van der Waals surface area contributed by atoms with Crippen LogP contribution in [0.1, 0.15) is 26.2 Å². The number of anilines is 2. The van der Waals surface area contributed by atoms with Crippen molar-refractivity contribution in [1.82, 2.24) is 0 Å². The number of nitrogens with one attached hydrogen (secondary N) is 2. The summed E-state index contributed by atoms with van der Waals surface area (Å²) in [4.78, 5) is 35.2. The smallest absolute Gasteiger partial charge is 0.354 e. The fraction of sp³-hybridized carbons (Fsp3) is 0.389. The Labute approximate surface area is 152 Å². The lowest BCUT2D eigenvalue weighted by Gasteiger charge is -2.14. The van der Waals surface area contributed by atoms with Gasteiger partial charge in [-0.1, -0.05) is 13.3 Å². The van der Waals surface area contributed by atoms with Crippen LogP contribution in [0.25, 0.3) is 0 Å². The number of hydrogen-bond donors (Lipinski definition) is 2. The number of carbonyl (C=O) groups is 3. The Hall–Kier alpha value is -3.03. The number of carbonyl (C=O) groups excluding carboxylic acids is 3. The second-order valence-electron chi connectivity index (χ2n) is 5.26. The number of amides is 1. The number of unbranched alkanes of at least 4 members (excludes halogenated alkanes) is 1. The predicted octanol–water partition coefficient (Wildman–Crippen LogP) is 2.47. The molecule has 0 aliphatic heterocycles. The molecule has 0 fully saturated rings. The van der Waals surface area contributed by atoms with Crippen molar-refractivity contribution in [2.75, 3.05) is 32.0 Å². The molecule has 0 aliphatic rings. The Morgan fingerprint density at radius 1 is 1.08 bits per heavy atom. The van der Waals surface area contributed by atoms with Crippen LogP contribution in [0.5, 0.6) is 5.75 Å². The summed E-state index contributed by atoms with van der Waals surface area (Å²) in [6.07, 6.45) is 3.07. The quantitative estimate of drug-likeness (QED) is 0.512. The molecule has 0 spiro atoms. The first-order valence-corrected chi connectivity index (χ1v) is 8.08. The first-order valence-electron chi connectivity index (χ1n) is 8.08. The van der Waals surface area contributed by atoms with E-state index < -0.39 is 11.9 Å². The maximum Gasteiger partial charge on any atom is 0.354 e. The number of esters is 2. The van der Waals surface area contributed by atoms with Crippen LogP contribution in [0.4, 0.5) is 11.4 Å². The maximum atomic E-state index is 12.0. The summed E-state index contributed by atoms with van der Waals surface area (Å²) in [5.74, 6) is -1.11. The van der Waals surface area contributed by atoms with E-state index in [0.717, 1.165) is 18.9 Å². The van der Waals surface area contributed by atoms with E-state index in [1.165, 1.54) is 21.3 Å². The Bertz CT molecular complexity index is 684. The molecule has 1 aromatic carbocycles. The number of ether oxygens (including phenoxy) is 3. The van der Waals surface area contributed by atoms with E-state index in [4.69, 9.17) is 4.74 Å². The molecule has 142 valence electrons. The van der Waals surface area contributed by atoms with Crippen LogP contribution in [0, 0.1) is 0 Å². The van der Waals surface area contributed by atoms with E-state index >= 15 is 0 Å². The normalized spacial score (nSPS) is 10.7. The molecular formula is C18H24N2O6. The molecule has 1 rings (SSSR count). The summed E-state index contributed by atoms with van der Waals surface area (Å²) in [7, 11) is 3.88. The van der Waals surface area contributed by atoms with Gasteiger partial charge in [0.25, 0.3) is 0 Å². The summed E-state index contributed by atoms with van der Waals surface area (Å²) in [5.41, 5.74) is 0.797. The van der Waals surface area contributed by atoms with Crippen LogP contribution < -0.4 is 15.4 Å². The minimum Gasteiger partial charge on any atom is -0.495 e. The van der Waals surface area contributed by atoms with Gasteiger partial charge in [-0.25, -0.2) is 9.59 Å². The lowest BCUT2D eigenvalue weighted by atomic mass is 10.2. The van der Waals surface area contributed by atoms with Crippen molar-refractivity contribution >= 4 is 29.2 Å². The molecular weight excluding hydrogens is 340 g/mol. The van der Waals surface area contributed by atoms with Crippen LogP contribution in [-0.4, -0.2) is 39.2 Å². The molecule has 2 N–H and O–H groups in total. The largest absolute Gasteiger partial charge is 0.495 e. The molecule has 0 aromatic heterocycles. The molecule has 1 aromatic rings. The number of hydrogen-bond acceptors (Lipinski definition) is 7. The predicted molar refractivity (Wildman–Crippen MR) is 96.9 cm³/mol. The van der Waals surface area contributed by atoms with Gasteiger partial charge in [-0.15, -0.1) is 0 Å². The molecule has 0 bridgehead atoms. The third kappa shape index (κ3) is 6.46. The molecule has 1 amide bonds. The molecule has 0 heterocycles. The van der Waals surface area contributed by atoms with E-state index in [-0.39, 0.29) is 11.6 Å². The van der Waals surface area contributed by atoms with Crippen molar-refractivity contribution in [3.8, 4) is 5.75 Å². The highest BCUT2D eigenvalue weighted by Gasteiger charge is 2.14. The SMILES string of the molecule is CCCCC(=O)Nc1cc(N/C(=C/C(=O)OC)C(=O)OC)ccc1OC. The van der Waals surface area contributed by atoms with Crippen molar-refractivity contribution in [2.45, 2.75) is 26.2 Å². The average Bonchev–Trinajstić information content (AvgIpc) is 2.65. The monoisotopic (exact) mass is 364 g/mol. The van der Waals surface area contributed by atoms with Crippen LogP contribution in [0.3, 0.4) is 0 Å². The van der Waals surface area contributed by atoms with Crippen LogP contribution in [0.15, 0.2) is 30.0 Å². The van der Waals surface area contributed by atoms with E-state index in [2.05, 4.69) is 20.1 Å². The van der Waals surface area contributed by atoms with Crippen molar-refractivity contribution in [1.29, 1.82) is 0 Å². The molecule has 0 unspecified atom stereocenters. The van der Waals surface area contributed by atoms with E-state index in [0.29, 0.717) is 23.5 Å². The highest BCUT2D eigenvalue weighted by atomic mass is 16.5. The lowest BCUT2D eigenvalue weighted by molar-refractivity contribution is -0.138. The fourth-order valence-electron chi connectivity index (χ4n) is 2.02. The molecule has 0 atom stereocenters.